The molecule has 2 amide bonds. The van der Waals surface area contributed by atoms with Crippen LogP contribution in [0, 0.1) is 0 Å². The lowest BCUT2D eigenvalue weighted by Crippen LogP contribution is -2.39. The van der Waals surface area contributed by atoms with Crippen molar-refractivity contribution in [3.8, 4) is 0 Å². The standard InChI is InChI=1S/C16H16N8O2/c25-16(19-6-10-8-26-9-20-10)23-5-1-2-12(23)15-22-21-13-7-18-14-11(24(13)15)3-4-17-14/h3-4,7-9,12,17H,1-2,5-6H2,(H,19,25). The predicted molar refractivity (Wildman–Crippen MR) is 90.1 cm³/mol. The lowest BCUT2D eigenvalue weighted by atomic mass is 10.2. The molecule has 4 aromatic rings. The Morgan fingerprint density at radius 2 is 2.35 bits per heavy atom. The molecule has 10 nitrogen and oxygen atoms in total. The number of fused-ring (bicyclic) bond motifs is 3. The normalized spacial score (nSPS) is 17.4. The summed E-state index contributed by atoms with van der Waals surface area (Å²) >= 11 is 0. The van der Waals surface area contributed by atoms with E-state index < -0.39 is 0 Å². The van der Waals surface area contributed by atoms with Gasteiger partial charge >= 0.3 is 6.03 Å². The number of carbonyl (C=O) groups excluding carboxylic acids is 1. The predicted octanol–water partition coefficient (Wildman–Crippen LogP) is 1.64. The van der Waals surface area contributed by atoms with E-state index in [0.29, 0.717) is 24.4 Å². The third-order valence-corrected chi connectivity index (χ3v) is 4.68. The zero-order valence-electron chi connectivity index (χ0n) is 13.8. The molecule has 1 aliphatic heterocycles. The summed E-state index contributed by atoms with van der Waals surface area (Å²) in [5, 5.41) is 11.5. The van der Waals surface area contributed by atoms with Crippen molar-refractivity contribution >= 4 is 22.8 Å². The van der Waals surface area contributed by atoms with Gasteiger partial charge in [-0.15, -0.1) is 10.2 Å². The van der Waals surface area contributed by atoms with E-state index in [0.717, 1.165) is 29.8 Å². The number of nitrogens with zero attached hydrogens (tertiary/aromatic N) is 6. The quantitative estimate of drug-likeness (QED) is 0.579. The molecule has 1 saturated heterocycles. The lowest BCUT2D eigenvalue weighted by molar-refractivity contribution is 0.190. The van der Waals surface area contributed by atoms with Crippen LogP contribution in [-0.2, 0) is 6.54 Å². The van der Waals surface area contributed by atoms with Crippen molar-refractivity contribution < 1.29 is 9.21 Å². The summed E-state index contributed by atoms with van der Waals surface area (Å²) in [7, 11) is 0. The molecule has 1 atom stereocenters. The average Bonchev–Trinajstić information content (AvgIpc) is 3.45. The third kappa shape index (κ3) is 2.30. The lowest BCUT2D eigenvalue weighted by Gasteiger charge is -2.23. The van der Waals surface area contributed by atoms with Gasteiger partial charge in [-0.3, -0.25) is 4.40 Å². The molecule has 10 heteroatoms. The van der Waals surface area contributed by atoms with Crippen LogP contribution in [0.1, 0.15) is 30.4 Å². The molecule has 1 unspecified atom stereocenters. The molecular formula is C16H16N8O2. The highest BCUT2D eigenvalue weighted by atomic mass is 16.3. The maximum atomic E-state index is 12.7. The van der Waals surface area contributed by atoms with E-state index in [-0.39, 0.29) is 12.1 Å². The van der Waals surface area contributed by atoms with Gasteiger partial charge in [-0.1, -0.05) is 0 Å². The first-order valence-electron chi connectivity index (χ1n) is 8.40. The molecule has 0 radical (unpaired) electrons. The molecule has 0 bridgehead atoms. The third-order valence-electron chi connectivity index (χ3n) is 4.68. The molecule has 0 saturated carbocycles. The number of aromatic amines is 1. The zero-order chi connectivity index (χ0) is 17.5. The van der Waals surface area contributed by atoms with Crippen molar-refractivity contribution in [1.29, 1.82) is 0 Å². The highest BCUT2D eigenvalue weighted by Crippen LogP contribution is 2.32. The maximum Gasteiger partial charge on any atom is 0.318 e. The van der Waals surface area contributed by atoms with E-state index in [1.807, 2.05) is 16.7 Å². The molecule has 5 heterocycles. The number of hydrogen-bond donors (Lipinski definition) is 2. The molecule has 4 aromatic heterocycles. The fourth-order valence-electron chi connectivity index (χ4n) is 3.48. The summed E-state index contributed by atoms with van der Waals surface area (Å²) in [6.07, 6.45) is 8.13. The number of hydrogen-bond acceptors (Lipinski definition) is 6. The van der Waals surface area contributed by atoms with E-state index >= 15 is 0 Å². The van der Waals surface area contributed by atoms with Crippen LogP contribution >= 0.6 is 0 Å². The minimum atomic E-state index is -0.147. The molecule has 1 aliphatic rings. The van der Waals surface area contributed by atoms with Crippen molar-refractivity contribution in [2.45, 2.75) is 25.4 Å². The molecule has 26 heavy (non-hydrogen) atoms. The van der Waals surface area contributed by atoms with Crippen molar-refractivity contribution in [2.75, 3.05) is 6.54 Å². The van der Waals surface area contributed by atoms with Crippen LogP contribution in [0.5, 0.6) is 0 Å². The zero-order valence-corrected chi connectivity index (χ0v) is 13.8. The van der Waals surface area contributed by atoms with Crippen LogP contribution in [0.3, 0.4) is 0 Å². The van der Waals surface area contributed by atoms with Crippen molar-refractivity contribution in [2.24, 2.45) is 0 Å². The Balaban J connectivity index is 1.46. The monoisotopic (exact) mass is 352 g/mol. The van der Waals surface area contributed by atoms with Gasteiger partial charge in [0.1, 0.15) is 6.26 Å². The van der Waals surface area contributed by atoms with E-state index in [1.54, 1.807) is 11.1 Å². The van der Waals surface area contributed by atoms with Gasteiger partial charge in [0.15, 0.2) is 23.5 Å². The fraction of sp³-hybridized carbons (Fsp3) is 0.312. The maximum absolute atomic E-state index is 12.7. The Bertz CT molecular complexity index is 1070. The molecule has 0 aliphatic carbocycles. The summed E-state index contributed by atoms with van der Waals surface area (Å²) in [6, 6.07) is 1.65. The summed E-state index contributed by atoms with van der Waals surface area (Å²) in [6.45, 7) is 0.997. The molecule has 5 rings (SSSR count). The van der Waals surface area contributed by atoms with E-state index in [4.69, 9.17) is 4.42 Å². The summed E-state index contributed by atoms with van der Waals surface area (Å²) < 4.78 is 6.89. The van der Waals surface area contributed by atoms with Crippen LogP contribution in [0.25, 0.3) is 16.8 Å². The second-order valence-corrected chi connectivity index (χ2v) is 6.21. The fourth-order valence-corrected chi connectivity index (χ4v) is 3.48. The van der Waals surface area contributed by atoms with Gasteiger partial charge in [-0.05, 0) is 18.9 Å². The summed E-state index contributed by atoms with van der Waals surface area (Å²) in [5.74, 6) is 0.751. The van der Waals surface area contributed by atoms with Gasteiger partial charge in [0.25, 0.3) is 0 Å². The number of H-pyrrole nitrogens is 1. The first-order chi connectivity index (χ1) is 12.8. The van der Waals surface area contributed by atoms with Gasteiger partial charge in [-0.25, -0.2) is 14.8 Å². The van der Waals surface area contributed by atoms with Crippen molar-refractivity contribution in [1.82, 2.24) is 39.8 Å². The topological polar surface area (TPSA) is 117 Å². The number of nitrogens with one attached hydrogen (secondary N) is 2. The number of rotatable bonds is 3. The number of likely N-dealkylation sites (tertiary alicyclic amines) is 1. The van der Waals surface area contributed by atoms with Crippen LogP contribution in [0.2, 0.25) is 0 Å². The van der Waals surface area contributed by atoms with Gasteiger partial charge in [-0.2, -0.15) is 0 Å². The Morgan fingerprint density at radius 3 is 3.23 bits per heavy atom. The van der Waals surface area contributed by atoms with Crippen LogP contribution in [0.4, 0.5) is 4.79 Å². The number of carbonyl (C=O) groups is 1. The van der Waals surface area contributed by atoms with Crippen LogP contribution < -0.4 is 5.32 Å². The molecule has 0 spiro atoms. The van der Waals surface area contributed by atoms with Crippen molar-refractivity contribution in [3.05, 3.63) is 42.6 Å². The summed E-state index contributed by atoms with van der Waals surface area (Å²) in [5.41, 5.74) is 3.01. The van der Waals surface area contributed by atoms with E-state index in [1.165, 1.54) is 12.7 Å². The van der Waals surface area contributed by atoms with Crippen LogP contribution in [0.15, 0.2) is 35.5 Å². The second-order valence-electron chi connectivity index (χ2n) is 6.21. The highest BCUT2D eigenvalue weighted by molar-refractivity contribution is 5.76. The Morgan fingerprint density at radius 1 is 1.38 bits per heavy atom. The Hall–Kier alpha value is -3.43. The SMILES string of the molecule is O=C(NCc1cocn1)N1CCCC1c1nnc2cnc3[nH]ccc3n12. The van der Waals surface area contributed by atoms with Gasteiger partial charge in [0.2, 0.25) is 0 Å². The van der Waals surface area contributed by atoms with E-state index in [2.05, 4.69) is 30.5 Å². The van der Waals surface area contributed by atoms with Gasteiger partial charge in [0, 0.05) is 12.7 Å². The Kier molecular flexibility index (Phi) is 3.33. The first-order valence-corrected chi connectivity index (χ1v) is 8.40. The molecule has 0 aromatic carbocycles. The minimum absolute atomic E-state index is 0.136. The second kappa shape index (κ2) is 5.83. The number of aromatic nitrogens is 6. The average molecular weight is 352 g/mol. The van der Waals surface area contributed by atoms with Crippen molar-refractivity contribution in [3.63, 3.8) is 0 Å². The van der Waals surface area contributed by atoms with E-state index in [9.17, 15) is 4.79 Å². The largest absolute Gasteiger partial charge is 0.451 e. The summed E-state index contributed by atoms with van der Waals surface area (Å²) in [4.78, 5) is 25.9. The smallest absolute Gasteiger partial charge is 0.318 e. The van der Waals surface area contributed by atoms with Crippen LogP contribution in [-0.4, -0.2) is 47.0 Å². The van der Waals surface area contributed by atoms with Gasteiger partial charge < -0.3 is 19.6 Å². The molecule has 1 fully saturated rings. The highest BCUT2D eigenvalue weighted by Gasteiger charge is 2.33. The number of oxazole rings is 1. The molecule has 132 valence electrons. The van der Waals surface area contributed by atoms with Gasteiger partial charge in [0.05, 0.1) is 30.0 Å². The molecular weight excluding hydrogens is 336 g/mol. The molecule has 2 N–H and O–H groups in total. The minimum Gasteiger partial charge on any atom is -0.451 e. The number of urea groups is 1. The number of amides is 2. The Labute approximate surface area is 147 Å². The first kappa shape index (κ1) is 14.9.